The number of H-pyrrole nitrogens is 1. The molecule has 0 aliphatic carbocycles. The van der Waals surface area contributed by atoms with Gasteiger partial charge in [0.25, 0.3) is 5.56 Å². The molecule has 106 valence electrons. The zero-order chi connectivity index (χ0) is 14.2. The van der Waals surface area contributed by atoms with Crippen LogP contribution < -0.4 is 5.56 Å². The molecule has 19 heavy (non-hydrogen) atoms. The first-order chi connectivity index (χ1) is 8.95. The van der Waals surface area contributed by atoms with Gasteiger partial charge in [-0.1, -0.05) is 0 Å². The fourth-order valence-corrected chi connectivity index (χ4v) is 2.29. The molecule has 0 bridgehead atoms. The van der Waals surface area contributed by atoms with E-state index in [1.807, 2.05) is 0 Å². The van der Waals surface area contributed by atoms with Crippen LogP contribution >= 0.6 is 12.2 Å². The van der Waals surface area contributed by atoms with E-state index in [0.29, 0.717) is 5.56 Å². The van der Waals surface area contributed by atoms with Crippen LogP contribution in [0.25, 0.3) is 0 Å². The summed E-state index contributed by atoms with van der Waals surface area (Å²) in [6.07, 6.45) is -2.20. The summed E-state index contributed by atoms with van der Waals surface area (Å²) >= 11 is 5.03. The van der Waals surface area contributed by atoms with E-state index in [0.717, 1.165) is 0 Å². The molecule has 2 heterocycles. The third kappa shape index (κ3) is 2.63. The number of rotatable bonds is 3. The number of aliphatic hydroxyl groups is 2. The Morgan fingerprint density at radius 2 is 2.21 bits per heavy atom. The molecule has 2 rings (SSSR count). The molecule has 8 heteroatoms. The lowest BCUT2D eigenvalue weighted by atomic mass is 10.1. The Balaban J connectivity index is 2.35. The van der Waals surface area contributed by atoms with E-state index in [1.54, 1.807) is 6.92 Å². The zero-order valence-electron chi connectivity index (χ0n) is 10.6. The summed E-state index contributed by atoms with van der Waals surface area (Å²) in [5.74, 6) is 0. The molecule has 1 aliphatic rings. The molecular weight excluding hydrogens is 272 g/mol. The van der Waals surface area contributed by atoms with Crippen molar-refractivity contribution in [2.75, 3.05) is 13.7 Å². The van der Waals surface area contributed by atoms with E-state index in [-0.39, 0.29) is 16.9 Å². The number of ether oxygens (including phenoxy) is 2. The largest absolute Gasteiger partial charge is 0.387 e. The molecule has 1 aliphatic heterocycles. The Bertz CT molecular complexity index is 569. The van der Waals surface area contributed by atoms with Gasteiger partial charge in [-0.25, -0.2) is 0 Å². The van der Waals surface area contributed by atoms with Crippen LogP contribution in [0.3, 0.4) is 0 Å². The Labute approximate surface area is 114 Å². The fourth-order valence-electron chi connectivity index (χ4n) is 2.04. The monoisotopic (exact) mass is 288 g/mol. The number of aliphatic hydroxyl groups excluding tert-OH is 2. The zero-order valence-corrected chi connectivity index (χ0v) is 11.4. The van der Waals surface area contributed by atoms with Gasteiger partial charge in [0.2, 0.25) is 0 Å². The first-order valence-electron chi connectivity index (χ1n) is 5.78. The van der Waals surface area contributed by atoms with Gasteiger partial charge in [0.05, 0.1) is 6.61 Å². The molecule has 1 aromatic heterocycles. The lowest BCUT2D eigenvalue weighted by Crippen LogP contribution is -2.34. The van der Waals surface area contributed by atoms with Gasteiger partial charge in [-0.2, -0.15) is 0 Å². The molecule has 1 saturated heterocycles. The van der Waals surface area contributed by atoms with Crippen molar-refractivity contribution in [2.45, 2.75) is 31.5 Å². The molecule has 1 aromatic rings. The molecule has 4 atom stereocenters. The molecule has 0 amide bonds. The van der Waals surface area contributed by atoms with Gasteiger partial charge < -0.3 is 19.7 Å². The molecular formula is C11H16N2O5S. The average Bonchev–Trinajstić information content (AvgIpc) is 2.63. The number of nitrogens with zero attached hydrogens (tertiary/aromatic N) is 1. The molecule has 7 nitrogen and oxygen atoms in total. The van der Waals surface area contributed by atoms with E-state index >= 15 is 0 Å². The van der Waals surface area contributed by atoms with Gasteiger partial charge >= 0.3 is 0 Å². The van der Waals surface area contributed by atoms with Gasteiger partial charge in [0, 0.05) is 18.9 Å². The summed E-state index contributed by atoms with van der Waals surface area (Å²) in [4.78, 5) is 13.9. The van der Waals surface area contributed by atoms with Crippen molar-refractivity contribution >= 4 is 12.2 Å². The van der Waals surface area contributed by atoms with Gasteiger partial charge in [-0.3, -0.25) is 14.3 Å². The minimum atomic E-state index is -1.14. The summed E-state index contributed by atoms with van der Waals surface area (Å²) in [6, 6.07) is 0. The van der Waals surface area contributed by atoms with Gasteiger partial charge in [0.1, 0.15) is 18.3 Å². The van der Waals surface area contributed by atoms with Crippen LogP contribution in [-0.4, -0.2) is 51.8 Å². The minimum absolute atomic E-state index is 0.130. The average molecular weight is 288 g/mol. The van der Waals surface area contributed by atoms with Crippen molar-refractivity contribution in [3.63, 3.8) is 0 Å². The smallest absolute Gasteiger partial charge is 0.254 e. The van der Waals surface area contributed by atoms with Crippen LogP contribution in [0.5, 0.6) is 0 Å². The van der Waals surface area contributed by atoms with Crippen LogP contribution in [0.1, 0.15) is 11.8 Å². The topological polar surface area (TPSA) is 96.7 Å². The van der Waals surface area contributed by atoms with Crippen LogP contribution in [0.2, 0.25) is 0 Å². The molecule has 1 fully saturated rings. The number of aromatic amines is 1. The van der Waals surface area contributed by atoms with Crippen molar-refractivity contribution in [3.05, 3.63) is 26.9 Å². The van der Waals surface area contributed by atoms with Crippen molar-refractivity contribution < 1.29 is 19.7 Å². The number of nitrogens with one attached hydrogen (secondary N) is 1. The van der Waals surface area contributed by atoms with Gasteiger partial charge in [-0.15, -0.1) is 0 Å². The fraction of sp³-hybridized carbons (Fsp3) is 0.636. The number of methoxy groups -OCH3 is 1. The molecule has 0 saturated carbocycles. The Morgan fingerprint density at radius 3 is 2.84 bits per heavy atom. The van der Waals surface area contributed by atoms with Crippen molar-refractivity contribution in [1.82, 2.24) is 9.55 Å². The number of hydrogen-bond donors (Lipinski definition) is 3. The molecule has 3 N–H and O–H groups in total. The number of hydrogen-bond acceptors (Lipinski definition) is 6. The highest BCUT2D eigenvalue weighted by Crippen LogP contribution is 2.29. The van der Waals surface area contributed by atoms with Crippen molar-refractivity contribution in [3.8, 4) is 0 Å². The van der Waals surface area contributed by atoms with Crippen LogP contribution in [0.4, 0.5) is 0 Å². The predicted molar refractivity (Wildman–Crippen MR) is 68.4 cm³/mol. The second-order valence-electron chi connectivity index (χ2n) is 4.48. The van der Waals surface area contributed by atoms with E-state index in [1.165, 1.54) is 17.9 Å². The third-order valence-electron chi connectivity index (χ3n) is 3.09. The number of aromatic nitrogens is 2. The second-order valence-corrected chi connectivity index (χ2v) is 4.87. The molecule has 2 unspecified atom stereocenters. The molecule has 0 radical (unpaired) electrons. The van der Waals surface area contributed by atoms with E-state index in [9.17, 15) is 15.0 Å². The second kappa shape index (κ2) is 5.51. The Kier molecular flexibility index (Phi) is 4.16. The predicted octanol–water partition coefficient (Wildman–Crippen LogP) is -0.520. The van der Waals surface area contributed by atoms with Crippen molar-refractivity contribution in [2.24, 2.45) is 0 Å². The van der Waals surface area contributed by atoms with Crippen LogP contribution in [0.15, 0.2) is 11.0 Å². The third-order valence-corrected chi connectivity index (χ3v) is 3.40. The van der Waals surface area contributed by atoms with E-state index in [4.69, 9.17) is 21.7 Å². The first kappa shape index (κ1) is 14.4. The molecule has 0 aromatic carbocycles. The summed E-state index contributed by atoms with van der Waals surface area (Å²) in [6.45, 7) is 1.78. The normalized spacial score (nSPS) is 30.7. The van der Waals surface area contributed by atoms with E-state index in [2.05, 4.69) is 4.98 Å². The maximum atomic E-state index is 11.4. The van der Waals surface area contributed by atoms with Crippen molar-refractivity contribution in [1.29, 1.82) is 0 Å². The summed E-state index contributed by atoms with van der Waals surface area (Å²) in [5.41, 5.74) is 0.150. The Hall–Kier alpha value is -1.06. The quantitative estimate of drug-likeness (QED) is 0.648. The lowest BCUT2D eigenvalue weighted by molar-refractivity contribution is -0.0607. The van der Waals surface area contributed by atoms with Gasteiger partial charge in [0.15, 0.2) is 11.0 Å². The summed E-state index contributed by atoms with van der Waals surface area (Å²) < 4.78 is 12.0. The van der Waals surface area contributed by atoms with E-state index < -0.39 is 24.5 Å². The first-order valence-corrected chi connectivity index (χ1v) is 6.19. The standard InChI is InChI=1S/C11H16N2O5S/c1-5-3-13(11(19)12-9(5)16)10-8(15)7(14)6(18-10)4-17-2/h3,6-8,10,14-15H,4H2,1-2H3,(H,12,16,19)/t6-,7?,8?,10-/m1/s1. The minimum Gasteiger partial charge on any atom is -0.387 e. The maximum Gasteiger partial charge on any atom is 0.254 e. The highest BCUT2D eigenvalue weighted by molar-refractivity contribution is 7.71. The number of aryl methyl sites for hydroxylation is 1. The Morgan fingerprint density at radius 1 is 1.53 bits per heavy atom. The lowest BCUT2D eigenvalue weighted by Gasteiger charge is -2.18. The molecule has 0 spiro atoms. The maximum absolute atomic E-state index is 11.4. The highest BCUT2D eigenvalue weighted by atomic mass is 32.1. The van der Waals surface area contributed by atoms with Crippen LogP contribution in [0, 0.1) is 11.7 Å². The van der Waals surface area contributed by atoms with Gasteiger partial charge in [-0.05, 0) is 19.1 Å². The summed E-state index contributed by atoms with van der Waals surface area (Å²) in [5, 5.41) is 19.9. The highest BCUT2D eigenvalue weighted by Gasteiger charge is 2.43. The SMILES string of the molecule is COC[C@H]1O[C@@H](n2cc(C)c(=O)[nH]c2=S)C(O)C1O. The summed E-state index contributed by atoms with van der Waals surface area (Å²) in [7, 11) is 1.48. The van der Waals surface area contributed by atoms with Crippen LogP contribution in [-0.2, 0) is 9.47 Å².